The fourth-order valence-corrected chi connectivity index (χ4v) is 2.93. The number of hydrogen-bond acceptors (Lipinski definition) is 3. The van der Waals surface area contributed by atoms with Gasteiger partial charge in [-0.25, -0.2) is 0 Å². The van der Waals surface area contributed by atoms with Crippen LogP contribution in [0.2, 0.25) is 0 Å². The molecule has 1 N–H and O–H groups in total. The lowest BCUT2D eigenvalue weighted by Crippen LogP contribution is -2.48. The summed E-state index contributed by atoms with van der Waals surface area (Å²) in [6, 6.07) is 9.55. The summed E-state index contributed by atoms with van der Waals surface area (Å²) in [5, 5.41) is 3.71. The third kappa shape index (κ3) is 4.37. The second-order valence-corrected chi connectivity index (χ2v) is 6.62. The molecule has 3 nitrogen and oxygen atoms in total. The molecule has 0 amide bonds. The van der Waals surface area contributed by atoms with Gasteiger partial charge in [0.05, 0.1) is 6.10 Å². The molecule has 1 saturated heterocycles. The maximum Gasteiger partial charge on any atom is 0.121 e. The van der Waals surface area contributed by atoms with Crippen molar-refractivity contribution >= 4 is 5.69 Å². The second kappa shape index (κ2) is 7.17. The molecular formula is C18H30N2O. The summed E-state index contributed by atoms with van der Waals surface area (Å²) in [5.74, 6) is 1.62. The smallest absolute Gasteiger partial charge is 0.121 e. The molecule has 2 rings (SSSR count). The van der Waals surface area contributed by atoms with Crippen molar-refractivity contribution in [1.82, 2.24) is 4.90 Å². The standard InChI is InChI=1S/C18H30N2O/c1-6-15(4)21-17-9-7-8-16(11-17)19-18-10-14(3)20(5)12-13(18)2/h7-9,11,13-15,18-19H,6,10,12H2,1-5H3. The molecule has 0 bridgehead atoms. The lowest BCUT2D eigenvalue weighted by molar-refractivity contribution is 0.145. The molecular weight excluding hydrogens is 260 g/mol. The van der Waals surface area contributed by atoms with Gasteiger partial charge in [-0.3, -0.25) is 0 Å². The quantitative estimate of drug-likeness (QED) is 0.887. The number of rotatable bonds is 5. The summed E-state index contributed by atoms with van der Waals surface area (Å²) >= 11 is 0. The third-order valence-corrected chi connectivity index (χ3v) is 4.71. The van der Waals surface area contributed by atoms with Gasteiger partial charge in [-0.15, -0.1) is 0 Å². The molecule has 0 saturated carbocycles. The van der Waals surface area contributed by atoms with E-state index in [1.807, 2.05) is 6.07 Å². The average Bonchev–Trinajstić information content (AvgIpc) is 2.45. The minimum absolute atomic E-state index is 0.266. The molecule has 0 aromatic heterocycles. The van der Waals surface area contributed by atoms with Gasteiger partial charge in [0.15, 0.2) is 0 Å². The van der Waals surface area contributed by atoms with Crippen molar-refractivity contribution in [2.45, 2.75) is 58.7 Å². The fraction of sp³-hybridized carbons (Fsp3) is 0.667. The molecule has 21 heavy (non-hydrogen) atoms. The first-order valence-electron chi connectivity index (χ1n) is 8.23. The van der Waals surface area contributed by atoms with Crippen LogP contribution in [0, 0.1) is 5.92 Å². The molecule has 4 atom stereocenters. The highest BCUT2D eigenvalue weighted by molar-refractivity contribution is 5.49. The molecule has 1 aromatic rings. The highest BCUT2D eigenvalue weighted by Gasteiger charge is 2.28. The number of nitrogens with zero attached hydrogens (tertiary/aromatic N) is 1. The predicted molar refractivity (Wildman–Crippen MR) is 90.1 cm³/mol. The maximum atomic E-state index is 5.91. The molecule has 3 heteroatoms. The molecule has 4 unspecified atom stereocenters. The molecule has 0 aliphatic carbocycles. The molecule has 0 radical (unpaired) electrons. The van der Waals surface area contributed by atoms with Crippen LogP contribution in [-0.4, -0.2) is 36.7 Å². The normalized spacial score (nSPS) is 28.1. The second-order valence-electron chi connectivity index (χ2n) is 6.62. The number of benzene rings is 1. The van der Waals surface area contributed by atoms with Gasteiger partial charge in [-0.2, -0.15) is 0 Å². The Labute approximate surface area is 129 Å². The van der Waals surface area contributed by atoms with Gasteiger partial charge in [0.25, 0.3) is 0 Å². The highest BCUT2D eigenvalue weighted by atomic mass is 16.5. The summed E-state index contributed by atoms with van der Waals surface area (Å²) in [6.45, 7) is 10.1. The van der Waals surface area contributed by atoms with Crippen LogP contribution in [0.5, 0.6) is 5.75 Å². The molecule has 1 aliphatic rings. The minimum Gasteiger partial charge on any atom is -0.491 e. The van der Waals surface area contributed by atoms with Gasteiger partial charge in [0.2, 0.25) is 0 Å². The summed E-state index contributed by atoms with van der Waals surface area (Å²) in [6.07, 6.45) is 2.48. The van der Waals surface area contributed by atoms with E-state index in [0.29, 0.717) is 18.0 Å². The largest absolute Gasteiger partial charge is 0.491 e. The highest BCUT2D eigenvalue weighted by Crippen LogP contribution is 2.26. The van der Waals surface area contributed by atoms with E-state index in [1.165, 1.54) is 12.1 Å². The molecule has 1 heterocycles. The Hall–Kier alpha value is -1.22. The van der Waals surface area contributed by atoms with Gasteiger partial charge in [0, 0.05) is 30.4 Å². The van der Waals surface area contributed by atoms with E-state index in [1.54, 1.807) is 0 Å². The summed E-state index contributed by atoms with van der Waals surface area (Å²) in [5.41, 5.74) is 1.17. The van der Waals surface area contributed by atoms with Crippen molar-refractivity contribution in [3.05, 3.63) is 24.3 Å². The molecule has 1 aliphatic heterocycles. The van der Waals surface area contributed by atoms with Crippen molar-refractivity contribution in [2.24, 2.45) is 5.92 Å². The summed E-state index contributed by atoms with van der Waals surface area (Å²) in [4.78, 5) is 2.45. The Kier molecular flexibility index (Phi) is 5.51. The van der Waals surface area contributed by atoms with E-state index in [4.69, 9.17) is 4.74 Å². The molecule has 1 fully saturated rings. The molecule has 0 spiro atoms. The van der Waals surface area contributed by atoms with Crippen molar-refractivity contribution < 1.29 is 4.74 Å². The Morgan fingerprint density at radius 2 is 2.14 bits per heavy atom. The van der Waals surface area contributed by atoms with Crippen LogP contribution in [0.25, 0.3) is 0 Å². The van der Waals surface area contributed by atoms with Gasteiger partial charge in [0.1, 0.15) is 5.75 Å². The number of ether oxygens (including phenoxy) is 1. The third-order valence-electron chi connectivity index (χ3n) is 4.71. The lowest BCUT2D eigenvalue weighted by Gasteiger charge is -2.40. The first-order chi connectivity index (χ1) is 9.99. The first kappa shape index (κ1) is 16.2. The Morgan fingerprint density at radius 3 is 2.86 bits per heavy atom. The van der Waals surface area contributed by atoms with E-state index in [-0.39, 0.29) is 6.10 Å². The van der Waals surface area contributed by atoms with Gasteiger partial charge in [-0.05, 0) is 51.8 Å². The number of nitrogens with one attached hydrogen (secondary N) is 1. The number of likely N-dealkylation sites (tertiary alicyclic amines) is 1. The van der Waals surface area contributed by atoms with Crippen molar-refractivity contribution in [3.63, 3.8) is 0 Å². The van der Waals surface area contributed by atoms with Crippen molar-refractivity contribution in [3.8, 4) is 5.75 Å². The van der Waals surface area contributed by atoms with E-state index in [2.05, 4.69) is 63.2 Å². The van der Waals surface area contributed by atoms with Gasteiger partial charge < -0.3 is 15.0 Å². The zero-order valence-electron chi connectivity index (χ0n) is 14.1. The number of anilines is 1. The zero-order chi connectivity index (χ0) is 15.4. The number of piperidine rings is 1. The molecule has 118 valence electrons. The minimum atomic E-state index is 0.266. The zero-order valence-corrected chi connectivity index (χ0v) is 14.1. The van der Waals surface area contributed by atoms with E-state index < -0.39 is 0 Å². The predicted octanol–water partition coefficient (Wildman–Crippen LogP) is 4.00. The average molecular weight is 290 g/mol. The van der Waals surface area contributed by atoms with E-state index in [0.717, 1.165) is 18.7 Å². The Morgan fingerprint density at radius 1 is 1.38 bits per heavy atom. The van der Waals surface area contributed by atoms with Crippen LogP contribution in [0.3, 0.4) is 0 Å². The van der Waals surface area contributed by atoms with E-state index >= 15 is 0 Å². The monoisotopic (exact) mass is 290 g/mol. The van der Waals surface area contributed by atoms with E-state index in [9.17, 15) is 0 Å². The molecule has 1 aromatic carbocycles. The van der Waals surface area contributed by atoms with Crippen molar-refractivity contribution in [1.29, 1.82) is 0 Å². The SMILES string of the molecule is CCC(C)Oc1cccc(NC2CC(C)N(C)CC2C)c1. The Bertz CT molecular complexity index is 449. The van der Waals surface area contributed by atoms with Crippen LogP contribution in [0.4, 0.5) is 5.69 Å². The van der Waals surface area contributed by atoms with Crippen LogP contribution in [0.15, 0.2) is 24.3 Å². The van der Waals surface area contributed by atoms with Crippen LogP contribution >= 0.6 is 0 Å². The fourth-order valence-electron chi connectivity index (χ4n) is 2.93. The first-order valence-corrected chi connectivity index (χ1v) is 8.23. The Balaban J connectivity index is 2.00. The topological polar surface area (TPSA) is 24.5 Å². The summed E-state index contributed by atoms with van der Waals surface area (Å²) < 4.78 is 5.91. The summed E-state index contributed by atoms with van der Waals surface area (Å²) in [7, 11) is 2.22. The maximum absolute atomic E-state index is 5.91. The van der Waals surface area contributed by atoms with Gasteiger partial charge >= 0.3 is 0 Å². The van der Waals surface area contributed by atoms with Crippen LogP contribution in [-0.2, 0) is 0 Å². The van der Waals surface area contributed by atoms with Crippen LogP contribution in [0.1, 0.15) is 40.5 Å². The van der Waals surface area contributed by atoms with Crippen LogP contribution < -0.4 is 10.1 Å². The van der Waals surface area contributed by atoms with Gasteiger partial charge in [-0.1, -0.05) is 19.9 Å². The van der Waals surface area contributed by atoms with Crippen molar-refractivity contribution in [2.75, 3.05) is 18.9 Å². The number of hydrogen-bond donors (Lipinski definition) is 1. The lowest BCUT2D eigenvalue weighted by atomic mass is 9.89.